The zero-order valence-electron chi connectivity index (χ0n) is 9.82. The first-order chi connectivity index (χ1) is 8.46. The highest BCUT2D eigenvalue weighted by molar-refractivity contribution is 7.69. The van der Waals surface area contributed by atoms with Gasteiger partial charge in [0, 0.05) is 20.8 Å². The molecular weight excluding hydrogens is 306 g/mol. The van der Waals surface area contributed by atoms with Gasteiger partial charge in [0.05, 0.1) is 36.0 Å². The summed E-state index contributed by atoms with van der Waals surface area (Å²) in [6.45, 7) is 4.29. The molecule has 0 aromatic carbocycles. The standard InChI is InChI=1S/3C2H3N.F3H3N3P3/c3*1-2-3;1-5-7-4-8-6(2)9(5)3/h3*1H3;4,7-8H. The minimum absolute atomic E-state index is 0.175. The van der Waals surface area contributed by atoms with Gasteiger partial charge in [0.1, 0.15) is 0 Å². The molecule has 1 N–H and O–H groups in total. The molecule has 2 atom stereocenters. The van der Waals surface area contributed by atoms with Crippen molar-refractivity contribution in [3.63, 3.8) is 0 Å². The van der Waals surface area contributed by atoms with Gasteiger partial charge >= 0.3 is 8.53 Å². The van der Waals surface area contributed by atoms with E-state index in [2.05, 4.69) is 4.86 Å². The first-order valence-electron chi connectivity index (χ1n) is 4.03. The van der Waals surface area contributed by atoms with Crippen LogP contribution in [0.2, 0.25) is 0 Å². The van der Waals surface area contributed by atoms with E-state index in [1.165, 1.54) is 20.8 Å². The van der Waals surface area contributed by atoms with E-state index in [-0.39, 0.29) is 9.33 Å². The fraction of sp³-hybridized carbons (Fsp3) is 0.500. The summed E-state index contributed by atoms with van der Waals surface area (Å²) in [4.78, 5) is 2.35. The lowest BCUT2D eigenvalue weighted by atomic mass is 11.0. The van der Waals surface area contributed by atoms with Crippen LogP contribution in [0.15, 0.2) is 0 Å². The van der Waals surface area contributed by atoms with Gasteiger partial charge in [-0.15, -0.1) is 8.96 Å². The molecule has 0 radical (unpaired) electrons. The van der Waals surface area contributed by atoms with Crippen LogP contribution in [-0.2, 0) is 0 Å². The summed E-state index contributed by atoms with van der Waals surface area (Å²) < 4.78 is 35.7. The lowest BCUT2D eigenvalue weighted by Gasteiger charge is -2.24. The van der Waals surface area contributed by atoms with Crippen LogP contribution in [0.25, 0.3) is 0 Å². The second-order valence-corrected chi connectivity index (χ2v) is 5.95. The first kappa shape index (κ1) is 22.6. The Morgan fingerprint density at radius 3 is 1.33 bits per heavy atom. The maximum atomic E-state index is 12.1. The summed E-state index contributed by atoms with van der Waals surface area (Å²) >= 11 is 0. The minimum atomic E-state index is -2.82. The van der Waals surface area contributed by atoms with Crippen molar-refractivity contribution in [1.82, 2.24) is 14.2 Å². The maximum absolute atomic E-state index is 12.1. The predicted molar refractivity (Wildman–Crippen MR) is 67.5 cm³/mol. The molecule has 6 nitrogen and oxygen atoms in total. The van der Waals surface area contributed by atoms with Crippen molar-refractivity contribution >= 4 is 26.3 Å². The first-order valence-corrected chi connectivity index (χ1v) is 7.06. The smallest absolute Gasteiger partial charge is 0.249 e. The molecule has 1 saturated heterocycles. The lowest BCUT2D eigenvalue weighted by Crippen LogP contribution is -2.12. The second-order valence-electron chi connectivity index (χ2n) is 1.78. The Kier molecular flexibility index (Phi) is 23.6. The monoisotopic (exact) mass is 318 g/mol. The molecular formula is C6H12F3N6P3. The number of nitrogens with one attached hydrogen (secondary N) is 1. The van der Waals surface area contributed by atoms with Crippen molar-refractivity contribution in [2.24, 2.45) is 0 Å². The molecule has 12 heteroatoms. The van der Waals surface area contributed by atoms with E-state index in [1.54, 1.807) is 18.2 Å². The van der Waals surface area contributed by atoms with Crippen molar-refractivity contribution in [1.29, 1.82) is 15.8 Å². The summed E-state index contributed by atoms with van der Waals surface area (Å²) in [7, 11) is -3.73. The van der Waals surface area contributed by atoms with Crippen LogP contribution in [0.5, 0.6) is 0 Å². The molecule has 18 heavy (non-hydrogen) atoms. The largest absolute Gasteiger partial charge is 0.303 e. The molecule has 1 aliphatic rings. The number of halogens is 3. The van der Waals surface area contributed by atoms with Gasteiger partial charge in [-0.1, -0.05) is 0 Å². The third kappa shape index (κ3) is 17.8. The zero-order valence-corrected chi connectivity index (χ0v) is 12.7. The molecule has 1 rings (SSSR count). The Hall–Kier alpha value is -0.570. The molecule has 0 spiro atoms. The molecule has 0 bridgehead atoms. The quantitative estimate of drug-likeness (QED) is 0.540. The van der Waals surface area contributed by atoms with Crippen molar-refractivity contribution in [3.05, 3.63) is 0 Å². The fourth-order valence-electron chi connectivity index (χ4n) is 0.269. The van der Waals surface area contributed by atoms with Crippen molar-refractivity contribution < 1.29 is 13.2 Å². The zero-order chi connectivity index (χ0) is 15.0. The van der Waals surface area contributed by atoms with Gasteiger partial charge in [-0.3, -0.25) is 0 Å². The third-order valence-corrected chi connectivity index (χ3v) is 4.02. The molecule has 1 aliphatic heterocycles. The highest BCUT2D eigenvalue weighted by Gasteiger charge is 2.31. The fourth-order valence-corrected chi connectivity index (χ4v) is 3.64. The van der Waals surface area contributed by atoms with Crippen LogP contribution >= 0.6 is 26.3 Å². The van der Waals surface area contributed by atoms with Crippen LogP contribution in [-0.4, -0.2) is 9.33 Å². The van der Waals surface area contributed by atoms with Gasteiger partial charge < -0.3 is 0 Å². The van der Waals surface area contributed by atoms with Crippen LogP contribution < -0.4 is 4.86 Å². The summed E-state index contributed by atoms with van der Waals surface area (Å²) in [5.41, 5.74) is 0. The molecule has 0 amide bonds. The van der Waals surface area contributed by atoms with Crippen molar-refractivity contribution in [2.45, 2.75) is 20.8 Å². The van der Waals surface area contributed by atoms with Gasteiger partial charge in [0.2, 0.25) is 0 Å². The molecule has 1 heterocycles. The van der Waals surface area contributed by atoms with E-state index in [0.717, 1.165) is 0 Å². The number of nitriles is 3. The van der Waals surface area contributed by atoms with Crippen molar-refractivity contribution in [2.75, 3.05) is 0 Å². The number of hydrogen-bond donors (Lipinski definition) is 1. The molecule has 2 unspecified atom stereocenters. The van der Waals surface area contributed by atoms with E-state index in [4.69, 9.17) is 15.8 Å². The second kappa shape index (κ2) is 18.8. The highest BCUT2D eigenvalue weighted by Crippen LogP contribution is 2.60. The topological polar surface area (TPSA) is 89.9 Å². The van der Waals surface area contributed by atoms with Crippen LogP contribution in [0.3, 0.4) is 0 Å². The summed E-state index contributed by atoms with van der Waals surface area (Å²) in [5.74, 6) is 0. The SMILES string of the molecule is CC#N.CC#N.CC#N.FN1PNPN(F)P1F. The molecule has 0 aromatic heterocycles. The van der Waals surface area contributed by atoms with E-state index in [1.807, 2.05) is 0 Å². The average molecular weight is 318 g/mol. The molecule has 102 valence electrons. The molecule has 0 aliphatic carbocycles. The Morgan fingerprint density at radius 2 is 1.17 bits per heavy atom. The van der Waals surface area contributed by atoms with Crippen LogP contribution in [0.4, 0.5) is 13.2 Å². The number of hydrogen-bond acceptors (Lipinski definition) is 6. The third-order valence-electron chi connectivity index (χ3n) is 0.586. The Balaban J connectivity index is -0.000000210. The van der Waals surface area contributed by atoms with Gasteiger partial charge in [0.15, 0.2) is 0 Å². The van der Waals surface area contributed by atoms with Crippen LogP contribution in [0, 0.1) is 34.0 Å². The minimum Gasteiger partial charge on any atom is -0.249 e. The Morgan fingerprint density at radius 1 is 0.944 bits per heavy atom. The van der Waals surface area contributed by atoms with Gasteiger partial charge in [-0.25, -0.2) is 4.86 Å². The Labute approximate surface area is 109 Å². The van der Waals surface area contributed by atoms with Gasteiger partial charge in [0.25, 0.3) is 0 Å². The predicted octanol–water partition coefficient (Wildman–Crippen LogP) is 3.77. The summed E-state index contributed by atoms with van der Waals surface area (Å²) in [5, 5.41) is 22.0. The molecule has 1 fully saturated rings. The van der Waals surface area contributed by atoms with Crippen molar-refractivity contribution in [3.8, 4) is 18.2 Å². The van der Waals surface area contributed by atoms with E-state index >= 15 is 0 Å². The van der Waals surface area contributed by atoms with E-state index in [9.17, 15) is 13.2 Å². The number of nitrogens with zero attached hydrogens (tertiary/aromatic N) is 5. The van der Waals surface area contributed by atoms with Gasteiger partial charge in [-0.05, 0) is 9.33 Å². The maximum Gasteiger partial charge on any atom is 0.303 e. The molecule has 0 saturated carbocycles. The summed E-state index contributed by atoms with van der Waals surface area (Å²) in [6, 6.07) is 5.25. The highest BCUT2D eigenvalue weighted by atomic mass is 31.2. The van der Waals surface area contributed by atoms with E-state index in [0.29, 0.717) is 0 Å². The van der Waals surface area contributed by atoms with Gasteiger partial charge in [-0.2, -0.15) is 20.0 Å². The van der Waals surface area contributed by atoms with Crippen LogP contribution in [0.1, 0.15) is 20.8 Å². The average Bonchev–Trinajstić information content (AvgIpc) is 2.29. The summed E-state index contributed by atoms with van der Waals surface area (Å²) in [6.07, 6.45) is 0. The van der Waals surface area contributed by atoms with E-state index < -0.39 is 26.3 Å². The normalized spacial score (nSPS) is 20.5. The number of rotatable bonds is 0. The molecule has 0 aromatic rings. The Bertz CT molecular complexity index is 262. The lowest BCUT2D eigenvalue weighted by molar-refractivity contribution is 0.203.